The molecule has 2 aromatic heterocycles. The maximum atomic E-state index is 13.5. The maximum Gasteiger partial charge on any atom is 0.233 e. The molecule has 0 aliphatic carbocycles. The number of para-hydroxylation sites is 1. The fourth-order valence-corrected chi connectivity index (χ4v) is 3.64. The zero-order valence-corrected chi connectivity index (χ0v) is 18.6. The lowest BCUT2D eigenvalue weighted by atomic mass is 10.2. The van der Waals surface area contributed by atoms with Gasteiger partial charge in [-0.1, -0.05) is 23.7 Å². The third-order valence-electron chi connectivity index (χ3n) is 5.06. The fourth-order valence-electron chi connectivity index (χ4n) is 3.42. The predicted octanol–water partition coefficient (Wildman–Crippen LogP) is 4.78. The van der Waals surface area contributed by atoms with Gasteiger partial charge in [-0.3, -0.25) is 9.99 Å². The van der Waals surface area contributed by atoms with Gasteiger partial charge in [-0.2, -0.15) is 0 Å². The molecule has 1 N–H and O–H groups in total. The van der Waals surface area contributed by atoms with Crippen LogP contribution in [-0.2, 0) is 4.74 Å². The normalized spacial score (nSPS) is 15.1. The third-order valence-corrected chi connectivity index (χ3v) is 5.38. The molecule has 4 aromatic rings. The molecule has 1 aliphatic heterocycles. The van der Waals surface area contributed by atoms with Crippen molar-refractivity contribution in [1.29, 1.82) is 0 Å². The average molecular weight is 477 g/mol. The van der Waals surface area contributed by atoms with E-state index in [9.17, 15) is 4.39 Å². The molecule has 2 aromatic carbocycles. The summed E-state index contributed by atoms with van der Waals surface area (Å²) in [6, 6.07) is 16.9. The van der Waals surface area contributed by atoms with Gasteiger partial charge in [-0.05, 0) is 48.5 Å². The van der Waals surface area contributed by atoms with Gasteiger partial charge in [0.15, 0.2) is 11.6 Å². The largest absolute Gasteiger partial charge is 0.481 e. The molecule has 34 heavy (non-hydrogen) atoms. The van der Waals surface area contributed by atoms with Gasteiger partial charge in [-0.25, -0.2) is 9.37 Å². The van der Waals surface area contributed by atoms with E-state index in [1.165, 1.54) is 12.1 Å². The summed E-state index contributed by atoms with van der Waals surface area (Å²) in [7, 11) is 1.55. The van der Waals surface area contributed by atoms with Gasteiger partial charge < -0.3 is 9.47 Å². The first-order valence-electron chi connectivity index (χ1n) is 10.3. The molecule has 0 saturated carbocycles. The number of benzene rings is 2. The summed E-state index contributed by atoms with van der Waals surface area (Å²) in [4.78, 5) is 4.10. The Morgan fingerprint density at radius 3 is 2.71 bits per heavy atom. The molecule has 0 spiro atoms. The predicted molar refractivity (Wildman–Crippen MR) is 126 cm³/mol. The van der Waals surface area contributed by atoms with Crippen LogP contribution in [0, 0.1) is 5.82 Å². The van der Waals surface area contributed by atoms with Crippen molar-refractivity contribution < 1.29 is 13.9 Å². The summed E-state index contributed by atoms with van der Waals surface area (Å²) in [6.07, 6.45) is 4.56. The Morgan fingerprint density at radius 1 is 1.09 bits per heavy atom. The average Bonchev–Trinajstić information content (AvgIpc) is 3.51. The maximum absolute atomic E-state index is 13.5. The molecule has 0 bridgehead atoms. The highest BCUT2D eigenvalue weighted by molar-refractivity contribution is 6.32. The van der Waals surface area contributed by atoms with Gasteiger partial charge in [0.1, 0.15) is 5.82 Å². The van der Waals surface area contributed by atoms with Gasteiger partial charge in [0.2, 0.25) is 18.0 Å². The molecule has 0 radical (unpaired) electrons. The molecule has 1 atom stereocenters. The smallest absolute Gasteiger partial charge is 0.233 e. The van der Waals surface area contributed by atoms with E-state index in [2.05, 4.69) is 25.7 Å². The zero-order chi connectivity index (χ0) is 23.5. The van der Waals surface area contributed by atoms with E-state index < -0.39 is 6.23 Å². The van der Waals surface area contributed by atoms with E-state index in [4.69, 9.17) is 21.1 Å². The van der Waals surface area contributed by atoms with Gasteiger partial charge in [0, 0.05) is 29.5 Å². The Labute approximate surface area is 199 Å². The highest BCUT2D eigenvalue weighted by Crippen LogP contribution is 2.28. The van der Waals surface area contributed by atoms with Crippen molar-refractivity contribution >= 4 is 23.6 Å². The molecular formula is C24H18ClFN6O2. The van der Waals surface area contributed by atoms with E-state index in [1.54, 1.807) is 54.3 Å². The molecular weight excluding hydrogens is 459 g/mol. The van der Waals surface area contributed by atoms with Gasteiger partial charge in [0.05, 0.1) is 17.8 Å². The van der Waals surface area contributed by atoms with Crippen LogP contribution in [0.5, 0.6) is 5.88 Å². The van der Waals surface area contributed by atoms with Crippen LogP contribution in [0.15, 0.2) is 78.0 Å². The highest BCUT2D eigenvalue weighted by Gasteiger charge is 2.21. The Hall–Kier alpha value is -4.24. The summed E-state index contributed by atoms with van der Waals surface area (Å²) >= 11 is 6.48. The number of pyridine rings is 1. The fraction of sp³-hybridized carbons (Fsp3) is 0.0833. The standard InChI is InChI=1S/C24H18ClFN6O2/c1-33-22-14-16(12-13-27-22)24-31-29-21(34-24)11-10-20-28-30-23(15-6-8-17(26)9-7-15)32(20)19-5-3-2-4-18(19)25/h2-14,24,31H,1H3/b11-10+. The van der Waals surface area contributed by atoms with Gasteiger partial charge in [0.25, 0.3) is 0 Å². The van der Waals surface area contributed by atoms with Crippen molar-refractivity contribution in [3.8, 4) is 23.0 Å². The minimum atomic E-state index is -0.479. The van der Waals surface area contributed by atoms with Gasteiger partial charge in [-0.15, -0.1) is 15.3 Å². The second-order valence-electron chi connectivity index (χ2n) is 7.22. The summed E-state index contributed by atoms with van der Waals surface area (Å²) in [6.45, 7) is 0. The van der Waals surface area contributed by atoms with E-state index in [0.717, 1.165) is 5.56 Å². The van der Waals surface area contributed by atoms with Crippen molar-refractivity contribution in [1.82, 2.24) is 25.2 Å². The van der Waals surface area contributed by atoms with E-state index >= 15 is 0 Å². The second-order valence-corrected chi connectivity index (χ2v) is 7.62. The Bertz CT molecular complexity index is 1390. The van der Waals surface area contributed by atoms with Crippen molar-refractivity contribution in [2.45, 2.75) is 6.23 Å². The number of nitrogens with zero attached hydrogens (tertiary/aromatic N) is 5. The Morgan fingerprint density at radius 2 is 1.91 bits per heavy atom. The number of ether oxygens (including phenoxy) is 2. The monoisotopic (exact) mass is 476 g/mol. The Balaban J connectivity index is 1.45. The topological polar surface area (TPSA) is 86.5 Å². The van der Waals surface area contributed by atoms with Crippen molar-refractivity contribution in [3.63, 3.8) is 0 Å². The number of hydrogen-bond acceptors (Lipinski definition) is 7. The Kier molecular flexibility index (Phi) is 5.92. The van der Waals surface area contributed by atoms with Crippen LogP contribution < -0.4 is 10.2 Å². The van der Waals surface area contributed by atoms with Crippen LogP contribution in [0.2, 0.25) is 5.02 Å². The summed E-state index contributed by atoms with van der Waals surface area (Å²) in [5.74, 6) is 1.51. The van der Waals surface area contributed by atoms with E-state index in [0.29, 0.717) is 39.7 Å². The van der Waals surface area contributed by atoms with Crippen molar-refractivity contribution in [2.75, 3.05) is 7.11 Å². The van der Waals surface area contributed by atoms with Gasteiger partial charge >= 0.3 is 0 Å². The number of nitrogens with one attached hydrogen (secondary N) is 1. The molecule has 5 rings (SSSR count). The molecule has 170 valence electrons. The molecule has 8 nitrogen and oxygen atoms in total. The van der Waals surface area contributed by atoms with Crippen LogP contribution in [0.25, 0.3) is 23.2 Å². The molecule has 0 saturated heterocycles. The molecule has 10 heteroatoms. The number of halogens is 2. The number of methoxy groups -OCH3 is 1. The molecule has 3 heterocycles. The van der Waals surface area contributed by atoms with Crippen LogP contribution in [0.3, 0.4) is 0 Å². The minimum Gasteiger partial charge on any atom is -0.481 e. The molecule has 0 fully saturated rings. The summed E-state index contributed by atoms with van der Waals surface area (Å²) in [5.41, 5.74) is 5.12. The van der Waals surface area contributed by atoms with Crippen molar-refractivity contribution in [2.24, 2.45) is 5.10 Å². The molecule has 1 aliphatic rings. The van der Waals surface area contributed by atoms with E-state index in [1.807, 2.05) is 24.3 Å². The zero-order valence-electron chi connectivity index (χ0n) is 17.9. The quantitative estimate of drug-likeness (QED) is 0.431. The lowest BCUT2D eigenvalue weighted by molar-refractivity contribution is 0.192. The highest BCUT2D eigenvalue weighted by atomic mass is 35.5. The molecule has 0 amide bonds. The first-order valence-corrected chi connectivity index (χ1v) is 10.6. The SMILES string of the molecule is COc1cc(C2NN=C(/C=C/c3nnc(-c4ccc(F)cc4)n3-c3ccccc3Cl)O2)ccn1. The second kappa shape index (κ2) is 9.32. The number of aromatic nitrogens is 4. The van der Waals surface area contributed by atoms with E-state index in [-0.39, 0.29) is 5.82 Å². The lowest BCUT2D eigenvalue weighted by Gasteiger charge is -2.11. The van der Waals surface area contributed by atoms with Crippen LogP contribution in [-0.4, -0.2) is 32.8 Å². The minimum absolute atomic E-state index is 0.335. The summed E-state index contributed by atoms with van der Waals surface area (Å²) < 4.78 is 26.3. The number of hydrazone groups is 1. The first-order chi connectivity index (χ1) is 16.6. The van der Waals surface area contributed by atoms with Crippen molar-refractivity contribution in [3.05, 3.63) is 95.2 Å². The third kappa shape index (κ3) is 4.33. The molecule has 1 unspecified atom stereocenters. The van der Waals surface area contributed by atoms with Crippen LogP contribution in [0.4, 0.5) is 4.39 Å². The van der Waals surface area contributed by atoms with Crippen LogP contribution >= 0.6 is 11.6 Å². The van der Waals surface area contributed by atoms with Crippen LogP contribution in [0.1, 0.15) is 17.6 Å². The number of hydrogen-bond donors (Lipinski definition) is 1. The number of rotatable bonds is 6. The lowest BCUT2D eigenvalue weighted by Crippen LogP contribution is -2.12. The summed E-state index contributed by atoms with van der Waals surface area (Å²) in [5, 5.41) is 13.4. The first kappa shape index (κ1) is 21.6.